The van der Waals surface area contributed by atoms with Gasteiger partial charge in [0.25, 0.3) is 6.43 Å². The highest BCUT2D eigenvalue weighted by molar-refractivity contribution is 7.86. The van der Waals surface area contributed by atoms with Gasteiger partial charge in [-0.25, -0.2) is 22.7 Å². The summed E-state index contributed by atoms with van der Waals surface area (Å²) in [4.78, 5) is 12.5. The van der Waals surface area contributed by atoms with Crippen LogP contribution in [-0.2, 0) is 21.7 Å². The number of pyridine rings is 2. The molecule has 0 spiro atoms. The van der Waals surface area contributed by atoms with Gasteiger partial charge in [-0.15, -0.1) is 10.2 Å². The lowest BCUT2D eigenvalue weighted by atomic mass is 10.1. The Balaban J connectivity index is 1.65. The minimum atomic E-state index is -2.76. The summed E-state index contributed by atoms with van der Waals surface area (Å²) in [6.07, 6.45) is 2.41. The summed E-state index contributed by atoms with van der Waals surface area (Å²) >= 11 is 7.36. The first-order valence-electron chi connectivity index (χ1n) is 12.0. The van der Waals surface area contributed by atoms with Gasteiger partial charge < -0.3 is 4.90 Å². The molecule has 4 aromatic heterocycles. The number of hydrogen-bond acceptors (Lipinski definition) is 8. The zero-order valence-corrected chi connectivity index (χ0v) is 24.9. The maximum absolute atomic E-state index is 13.4. The predicted molar refractivity (Wildman–Crippen MR) is 151 cm³/mol. The molecule has 1 fully saturated rings. The van der Waals surface area contributed by atoms with Crippen LogP contribution in [0.25, 0.3) is 27.6 Å². The van der Waals surface area contributed by atoms with Crippen LogP contribution in [0, 0.1) is 11.7 Å². The fraction of sp³-hybridized carbons (Fsp3) is 0.417. The summed E-state index contributed by atoms with van der Waals surface area (Å²) in [6.45, 7) is 4.71. The van der Waals surface area contributed by atoms with Crippen LogP contribution in [0.4, 0.5) is 8.78 Å². The van der Waals surface area contributed by atoms with Crippen molar-refractivity contribution in [3.8, 4) is 22.1 Å². The molecule has 1 saturated carbocycles. The second-order valence-electron chi connectivity index (χ2n) is 9.95. The van der Waals surface area contributed by atoms with Crippen LogP contribution in [0.2, 0.25) is 5.15 Å². The second-order valence-corrected chi connectivity index (χ2v) is 14.2. The molecule has 9 nitrogen and oxygen atoms in total. The minimum Gasteiger partial charge on any atom is -0.309 e. The minimum absolute atomic E-state index is 0.129. The van der Waals surface area contributed by atoms with Crippen LogP contribution in [0.1, 0.15) is 36.8 Å². The second kappa shape index (κ2) is 11.0. The molecule has 0 radical (unpaired) electrons. The fourth-order valence-corrected chi connectivity index (χ4v) is 7.36. The number of fused-ring (bicyclic) bond motifs is 1. The van der Waals surface area contributed by atoms with E-state index in [0.717, 1.165) is 41.2 Å². The molecule has 4 heterocycles. The zero-order chi connectivity index (χ0) is 28.1. The van der Waals surface area contributed by atoms with E-state index in [0.29, 0.717) is 27.4 Å². The Morgan fingerprint density at radius 2 is 2.03 bits per heavy atom. The number of hydrogen-bond donors (Lipinski definition) is 2. The third-order valence-corrected chi connectivity index (χ3v) is 10.3. The van der Waals surface area contributed by atoms with Gasteiger partial charge in [0.2, 0.25) is 0 Å². The number of alkyl halides is 2. The lowest BCUT2D eigenvalue weighted by molar-refractivity contribution is 0.150. The molecular formula is C24H27ClF2N8OS3. The normalized spacial score (nSPS) is 16.3. The summed E-state index contributed by atoms with van der Waals surface area (Å²) in [5.41, 5.74) is 2.30. The molecule has 5 rings (SSSR count). The Labute approximate surface area is 238 Å². The van der Waals surface area contributed by atoms with E-state index in [4.69, 9.17) is 21.4 Å². The summed E-state index contributed by atoms with van der Waals surface area (Å²) in [5, 5.41) is 7.37. The third-order valence-electron chi connectivity index (χ3n) is 6.37. The molecule has 0 saturated heterocycles. The quantitative estimate of drug-likeness (QED) is 0.252. The maximum Gasteiger partial charge on any atom is 0.291 e. The van der Waals surface area contributed by atoms with Crippen molar-refractivity contribution in [2.75, 3.05) is 26.4 Å². The average molecular weight is 613 g/mol. The van der Waals surface area contributed by atoms with Crippen LogP contribution in [0.3, 0.4) is 0 Å². The van der Waals surface area contributed by atoms with Crippen LogP contribution in [0.15, 0.2) is 34.3 Å². The first kappa shape index (κ1) is 28.3. The molecule has 208 valence electrons. The van der Waals surface area contributed by atoms with Gasteiger partial charge in [0, 0.05) is 40.7 Å². The van der Waals surface area contributed by atoms with Crippen molar-refractivity contribution in [3.05, 3.63) is 40.3 Å². The molecule has 1 aliphatic carbocycles. The standard InChI is InChI=1S/C24H27ClF2N8OS3/c1-13-9-14(38(28)8-7-34(3)4)11-29-17(13)16-10-15(39(36)33-24(2)5-6-24)12-35-18(16)19(25)30-21(35)23-32-31-22(37-23)20(26)27/h9-12,20,28,33H,5-8H2,1-4H3. The molecule has 39 heavy (non-hydrogen) atoms. The van der Waals surface area contributed by atoms with Gasteiger partial charge >= 0.3 is 0 Å². The molecule has 2 N–H and O–H groups in total. The Morgan fingerprint density at radius 1 is 1.28 bits per heavy atom. The first-order chi connectivity index (χ1) is 18.5. The van der Waals surface area contributed by atoms with E-state index >= 15 is 0 Å². The SMILES string of the molecule is Cc1cc(S(=N)CCN(C)C)cnc1-c1cc(S(=O)NC2(C)CC2)cn2c(-c3nnc(C(F)F)s3)nc(Cl)c12. The summed E-state index contributed by atoms with van der Waals surface area (Å²) < 4.78 is 53.2. The molecule has 0 amide bonds. The van der Waals surface area contributed by atoms with Crippen molar-refractivity contribution < 1.29 is 13.0 Å². The molecule has 1 aliphatic rings. The van der Waals surface area contributed by atoms with Crippen LogP contribution in [0.5, 0.6) is 0 Å². The summed E-state index contributed by atoms with van der Waals surface area (Å²) in [5.74, 6) is 0.916. The summed E-state index contributed by atoms with van der Waals surface area (Å²) in [6, 6.07) is 3.72. The Bertz CT molecular complexity index is 1600. The van der Waals surface area contributed by atoms with E-state index in [1.165, 1.54) is 0 Å². The first-order valence-corrected chi connectivity index (χ1v) is 15.8. The van der Waals surface area contributed by atoms with Crippen molar-refractivity contribution >= 4 is 50.1 Å². The monoisotopic (exact) mass is 612 g/mol. The number of aromatic nitrogens is 5. The molecule has 0 aliphatic heterocycles. The van der Waals surface area contributed by atoms with Gasteiger partial charge in [-0.05, 0) is 58.5 Å². The van der Waals surface area contributed by atoms with Gasteiger partial charge in [-0.3, -0.25) is 14.2 Å². The topological polar surface area (TPSA) is 112 Å². The van der Waals surface area contributed by atoms with E-state index in [2.05, 4.69) is 19.9 Å². The zero-order valence-electron chi connectivity index (χ0n) is 21.7. The molecule has 15 heteroatoms. The highest BCUT2D eigenvalue weighted by Gasteiger charge is 2.39. The van der Waals surface area contributed by atoms with Gasteiger partial charge in [-0.2, -0.15) is 0 Å². The van der Waals surface area contributed by atoms with Crippen molar-refractivity contribution in [1.82, 2.24) is 34.2 Å². The fourth-order valence-electron chi connectivity index (χ4n) is 3.92. The molecule has 2 atom stereocenters. The van der Waals surface area contributed by atoms with Crippen LogP contribution >= 0.6 is 22.9 Å². The van der Waals surface area contributed by atoms with Crippen LogP contribution in [-0.4, -0.2) is 65.6 Å². The number of imidazole rings is 1. The average Bonchev–Trinajstić information content (AvgIpc) is 3.26. The number of aryl methyl sites for hydroxylation is 1. The maximum atomic E-state index is 13.4. The molecular weight excluding hydrogens is 586 g/mol. The van der Waals surface area contributed by atoms with Gasteiger partial charge in [0.05, 0.1) is 16.1 Å². The summed E-state index contributed by atoms with van der Waals surface area (Å²) in [7, 11) is 1.65. The number of halogens is 3. The number of nitrogens with zero attached hydrogens (tertiary/aromatic N) is 6. The van der Waals surface area contributed by atoms with Crippen molar-refractivity contribution in [1.29, 1.82) is 4.78 Å². The predicted octanol–water partition coefficient (Wildman–Crippen LogP) is 5.28. The lowest BCUT2D eigenvalue weighted by Gasteiger charge is -2.15. The third kappa shape index (κ3) is 5.95. The molecule has 0 aromatic carbocycles. The van der Waals surface area contributed by atoms with E-state index in [1.54, 1.807) is 22.9 Å². The smallest absolute Gasteiger partial charge is 0.291 e. The Kier molecular flexibility index (Phi) is 7.97. The van der Waals surface area contributed by atoms with Gasteiger partial charge in [-0.1, -0.05) is 33.6 Å². The van der Waals surface area contributed by atoms with Crippen LogP contribution < -0.4 is 4.72 Å². The Hall–Kier alpha value is -2.23. The van der Waals surface area contributed by atoms with E-state index in [9.17, 15) is 13.0 Å². The van der Waals surface area contributed by atoms with Gasteiger partial charge in [0.15, 0.2) is 21.0 Å². The van der Waals surface area contributed by atoms with Gasteiger partial charge in [0.1, 0.15) is 11.0 Å². The Morgan fingerprint density at radius 3 is 2.64 bits per heavy atom. The van der Waals surface area contributed by atoms with Crippen molar-refractivity contribution in [2.45, 2.75) is 48.4 Å². The molecule has 0 bridgehead atoms. The number of nitrogens with one attached hydrogen (secondary N) is 2. The molecule has 2 unspecified atom stereocenters. The van der Waals surface area contributed by atoms with Crippen molar-refractivity contribution in [3.63, 3.8) is 0 Å². The highest BCUT2D eigenvalue weighted by Crippen LogP contribution is 2.39. The highest BCUT2D eigenvalue weighted by atomic mass is 35.5. The molecule has 4 aromatic rings. The lowest BCUT2D eigenvalue weighted by Crippen LogP contribution is -2.29. The van der Waals surface area contributed by atoms with E-state index in [-0.39, 0.29) is 21.5 Å². The van der Waals surface area contributed by atoms with E-state index < -0.39 is 33.1 Å². The largest absolute Gasteiger partial charge is 0.309 e. The number of rotatable bonds is 10. The van der Waals surface area contributed by atoms with Crippen molar-refractivity contribution in [2.24, 2.45) is 0 Å². The van der Waals surface area contributed by atoms with E-state index in [1.807, 2.05) is 38.9 Å².